The van der Waals surface area contributed by atoms with Gasteiger partial charge in [-0.25, -0.2) is 4.98 Å². The van der Waals surface area contributed by atoms with Crippen LogP contribution in [0.3, 0.4) is 0 Å². The Kier molecular flexibility index (Phi) is 5.19. The quantitative estimate of drug-likeness (QED) is 0.408. The average molecular weight is 459 g/mol. The Bertz CT molecular complexity index is 1140. The highest BCUT2D eigenvalue weighted by Crippen LogP contribution is 2.29. The van der Waals surface area contributed by atoms with Gasteiger partial charge in [-0.15, -0.1) is 0 Å². The number of rotatable bonds is 5. The molecular weight excluding hydrogens is 442 g/mol. The lowest BCUT2D eigenvalue weighted by Crippen LogP contribution is -2.02. The Labute approximate surface area is 175 Å². The largest absolute Gasteiger partial charge is 0.497 e. The molecule has 2 aromatic heterocycles. The molecule has 0 unspecified atom stereocenters. The summed E-state index contributed by atoms with van der Waals surface area (Å²) in [6.45, 7) is 2.65. The summed E-state index contributed by atoms with van der Waals surface area (Å²) in [6.07, 6.45) is 1.75. The van der Waals surface area contributed by atoms with Crippen molar-refractivity contribution in [3.63, 3.8) is 0 Å². The van der Waals surface area contributed by atoms with Gasteiger partial charge in [-0.05, 0) is 69.8 Å². The molecule has 142 valence electrons. The zero-order valence-electron chi connectivity index (χ0n) is 15.3. The minimum absolute atomic E-state index is 0.162. The van der Waals surface area contributed by atoms with Crippen molar-refractivity contribution in [3.8, 4) is 5.75 Å². The van der Waals surface area contributed by atoms with Gasteiger partial charge in [-0.1, -0.05) is 18.2 Å². The van der Waals surface area contributed by atoms with Gasteiger partial charge in [0, 0.05) is 4.47 Å². The Morgan fingerprint density at radius 3 is 2.64 bits per heavy atom. The van der Waals surface area contributed by atoms with Crippen LogP contribution in [-0.4, -0.2) is 26.6 Å². The Hall–Kier alpha value is -2.64. The number of aryl methyl sites for hydroxylation is 1. The Morgan fingerprint density at radius 2 is 1.93 bits per heavy atom. The average Bonchev–Trinajstić information content (AvgIpc) is 3.07. The number of halogens is 2. The van der Waals surface area contributed by atoms with Crippen LogP contribution in [0.2, 0.25) is 5.28 Å². The van der Waals surface area contributed by atoms with Crippen molar-refractivity contribution in [1.82, 2.24) is 19.5 Å². The zero-order chi connectivity index (χ0) is 19.7. The van der Waals surface area contributed by atoms with Crippen LogP contribution in [0.25, 0.3) is 11.2 Å². The fourth-order valence-electron chi connectivity index (χ4n) is 2.90. The summed E-state index contributed by atoms with van der Waals surface area (Å²) in [6, 6.07) is 13.9. The predicted molar refractivity (Wildman–Crippen MR) is 115 cm³/mol. The number of aromatic nitrogens is 4. The lowest BCUT2D eigenvalue weighted by Gasteiger charge is -2.10. The van der Waals surface area contributed by atoms with Gasteiger partial charge in [-0.2, -0.15) is 9.97 Å². The highest BCUT2D eigenvalue weighted by Gasteiger charge is 2.14. The van der Waals surface area contributed by atoms with Crippen LogP contribution in [0.4, 0.5) is 11.5 Å². The van der Waals surface area contributed by atoms with Crippen molar-refractivity contribution in [2.45, 2.75) is 13.5 Å². The number of hydrogen-bond donors (Lipinski definition) is 1. The van der Waals surface area contributed by atoms with E-state index in [-0.39, 0.29) is 5.28 Å². The van der Waals surface area contributed by atoms with Gasteiger partial charge in [0.15, 0.2) is 17.0 Å². The van der Waals surface area contributed by atoms with Gasteiger partial charge in [0.2, 0.25) is 5.28 Å². The summed E-state index contributed by atoms with van der Waals surface area (Å²) in [4.78, 5) is 13.2. The second kappa shape index (κ2) is 7.77. The highest BCUT2D eigenvalue weighted by atomic mass is 79.9. The van der Waals surface area contributed by atoms with Crippen molar-refractivity contribution in [2.24, 2.45) is 0 Å². The second-order valence-corrected chi connectivity index (χ2v) is 7.53. The molecule has 6 nitrogen and oxygen atoms in total. The molecule has 0 aliphatic heterocycles. The maximum absolute atomic E-state index is 6.19. The van der Waals surface area contributed by atoms with Gasteiger partial charge in [0.25, 0.3) is 0 Å². The van der Waals surface area contributed by atoms with E-state index in [0.717, 1.165) is 27.0 Å². The monoisotopic (exact) mass is 457 g/mol. The van der Waals surface area contributed by atoms with E-state index in [1.807, 2.05) is 54.0 Å². The molecular formula is C20H17BrClN5O. The normalized spacial score (nSPS) is 11.0. The molecule has 0 spiro atoms. The first-order valence-electron chi connectivity index (χ1n) is 8.58. The molecule has 8 heteroatoms. The number of methoxy groups -OCH3 is 1. The lowest BCUT2D eigenvalue weighted by atomic mass is 10.2. The molecule has 28 heavy (non-hydrogen) atoms. The van der Waals surface area contributed by atoms with E-state index in [0.29, 0.717) is 23.5 Å². The number of benzene rings is 2. The van der Waals surface area contributed by atoms with Gasteiger partial charge in [0.1, 0.15) is 5.75 Å². The third-order valence-electron chi connectivity index (χ3n) is 4.33. The van der Waals surface area contributed by atoms with Crippen LogP contribution >= 0.6 is 27.5 Å². The number of hydrogen-bond acceptors (Lipinski definition) is 5. The van der Waals surface area contributed by atoms with E-state index in [2.05, 4.69) is 36.2 Å². The molecule has 0 aliphatic rings. The number of nitrogens with one attached hydrogen (secondary N) is 1. The minimum Gasteiger partial charge on any atom is -0.497 e. The van der Waals surface area contributed by atoms with E-state index in [9.17, 15) is 0 Å². The molecule has 0 saturated heterocycles. The fourth-order valence-corrected chi connectivity index (χ4v) is 3.65. The first-order chi connectivity index (χ1) is 13.5. The summed E-state index contributed by atoms with van der Waals surface area (Å²) in [5.41, 5.74) is 4.47. The maximum atomic E-state index is 6.19. The van der Waals surface area contributed by atoms with Crippen molar-refractivity contribution >= 4 is 50.2 Å². The molecule has 0 saturated carbocycles. The number of anilines is 2. The molecule has 0 atom stereocenters. The van der Waals surface area contributed by atoms with E-state index < -0.39 is 0 Å². The molecule has 0 amide bonds. The standard InChI is InChI=1S/C20H17BrClN5O/c1-12-3-8-16(15(21)9-12)24-18-17-19(26-20(22)25-18)27(11-23-17)10-13-4-6-14(28-2)7-5-13/h3-9,11H,10H2,1-2H3,(H,24,25,26). The van der Waals surface area contributed by atoms with E-state index in [4.69, 9.17) is 16.3 Å². The van der Waals surface area contributed by atoms with Crippen LogP contribution in [0.15, 0.2) is 53.3 Å². The Morgan fingerprint density at radius 1 is 1.14 bits per heavy atom. The fraction of sp³-hybridized carbons (Fsp3) is 0.150. The first-order valence-corrected chi connectivity index (χ1v) is 9.75. The molecule has 2 heterocycles. The third kappa shape index (κ3) is 3.81. The summed E-state index contributed by atoms with van der Waals surface area (Å²) < 4.78 is 8.09. The van der Waals surface area contributed by atoms with E-state index in [1.165, 1.54) is 0 Å². The summed E-state index contributed by atoms with van der Waals surface area (Å²) >= 11 is 9.77. The molecule has 2 aromatic carbocycles. The van der Waals surface area contributed by atoms with Crippen LogP contribution in [0.5, 0.6) is 5.75 Å². The topological polar surface area (TPSA) is 64.9 Å². The molecule has 0 radical (unpaired) electrons. The second-order valence-electron chi connectivity index (χ2n) is 6.34. The number of imidazole rings is 1. The minimum atomic E-state index is 0.162. The molecule has 1 N–H and O–H groups in total. The lowest BCUT2D eigenvalue weighted by molar-refractivity contribution is 0.414. The molecule has 0 aliphatic carbocycles. The van der Waals surface area contributed by atoms with E-state index >= 15 is 0 Å². The van der Waals surface area contributed by atoms with Gasteiger partial charge in [-0.3, -0.25) is 0 Å². The maximum Gasteiger partial charge on any atom is 0.226 e. The van der Waals surface area contributed by atoms with Crippen LogP contribution in [0, 0.1) is 6.92 Å². The van der Waals surface area contributed by atoms with Gasteiger partial charge in [0.05, 0.1) is 25.7 Å². The van der Waals surface area contributed by atoms with Gasteiger partial charge >= 0.3 is 0 Å². The predicted octanol–water partition coefficient (Wildman–Crippen LogP) is 5.35. The summed E-state index contributed by atoms with van der Waals surface area (Å²) in [5, 5.41) is 3.46. The molecule has 4 aromatic rings. The van der Waals surface area contributed by atoms with Crippen LogP contribution < -0.4 is 10.1 Å². The van der Waals surface area contributed by atoms with Gasteiger partial charge < -0.3 is 14.6 Å². The summed E-state index contributed by atoms with van der Waals surface area (Å²) in [5.74, 6) is 1.38. The number of nitrogens with zero attached hydrogens (tertiary/aromatic N) is 4. The number of fused-ring (bicyclic) bond motifs is 1. The third-order valence-corrected chi connectivity index (χ3v) is 5.15. The summed E-state index contributed by atoms with van der Waals surface area (Å²) in [7, 11) is 1.65. The van der Waals surface area contributed by atoms with Crippen molar-refractivity contribution in [2.75, 3.05) is 12.4 Å². The smallest absolute Gasteiger partial charge is 0.226 e. The van der Waals surface area contributed by atoms with Crippen LogP contribution in [-0.2, 0) is 6.54 Å². The first kappa shape index (κ1) is 18.7. The number of ether oxygens (including phenoxy) is 1. The molecule has 4 rings (SSSR count). The van der Waals surface area contributed by atoms with Crippen LogP contribution in [0.1, 0.15) is 11.1 Å². The van der Waals surface area contributed by atoms with Crippen molar-refractivity contribution in [1.29, 1.82) is 0 Å². The highest BCUT2D eigenvalue weighted by molar-refractivity contribution is 9.10. The zero-order valence-corrected chi connectivity index (χ0v) is 17.6. The SMILES string of the molecule is COc1ccc(Cn2cnc3c(Nc4ccc(C)cc4Br)nc(Cl)nc32)cc1. The molecule has 0 bridgehead atoms. The van der Waals surface area contributed by atoms with Crippen molar-refractivity contribution < 1.29 is 4.74 Å². The molecule has 0 fully saturated rings. The van der Waals surface area contributed by atoms with Crippen molar-refractivity contribution in [3.05, 3.63) is 69.7 Å². The van der Waals surface area contributed by atoms with E-state index in [1.54, 1.807) is 13.4 Å². The Balaban J connectivity index is 1.69.